The standard InChI is InChI=1S/C23H26N4O4S/c1-31-22-10-9-20(15-21(22)23(28)26-12-3-2-4-13-26)32(29,30)25-16-18-5-7-19(8-6-18)27-14-11-24-17-27/h5-11,14-15,17,25H,2-4,12-13,16H2,1H3. The number of amides is 1. The highest BCUT2D eigenvalue weighted by Gasteiger charge is 2.24. The van der Waals surface area contributed by atoms with E-state index < -0.39 is 10.0 Å². The molecule has 0 unspecified atom stereocenters. The predicted molar refractivity (Wildman–Crippen MR) is 120 cm³/mol. The minimum Gasteiger partial charge on any atom is -0.496 e. The van der Waals surface area contributed by atoms with E-state index in [0.29, 0.717) is 18.8 Å². The van der Waals surface area contributed by atoms with Crippen LogP contribution >= 0.6 is 0 Å². The normalized spacial score (nSPS) is 14.3. The molecule has 1 amide bonds. The molecule has 0 radical (unpaired) electrons. The van der Waals surface area contributed by atoms with Crippen LogP contribution in [-0.2, 0) is 16.6 Å². The van der Waals surface area contributed by atoms with Gasteiger partial charge in [-0.1, -0.05) is 12.1 Å². The summed E-state index contributed by atoms with van der Waals surface area (Å²) in [5.41, 5.74) is 2.02. The Morgan fingerprint density at radius 3 is 2.50 bits per heavy atom. The van der Waals surface area contributed by atoms with Gasteiger partial charge in [-0.25, -0.2) is 18.1 Å². The number of nitrogens with zero attached hydrogens (tertiary/aromatic N) is 3. The molecule has 168 valence electrons. The monoisotopic (exact) mass is 454 g/mol. The van der Waals surface area contributed by atoms with Crippen LogP contribution in [0.1, 0.15) is 35.2 Å². The number of carbonyl (C=O) groups excluding carboxylic acids is 1. The summed E-state index contributed by atoms with van der Waals surface area (Å²) < 4.78 is 35.7. The van der Waals surface area contributed by atoms with Crippen molar-refractivity contribution in [2.24, 2.45) is 0 Å². The number of imidazole rings is 1. The molecule has 8 nitrogen and oxygen atoms in total. The summed E-state index contributed by atoms with van der Waals surface area (Å²) in [4.78, 5) is 18.8. The number of nitrogens with one attached hydrogen (secondary N) is 1. The van der Waals surface area contributed by atoms with Gasteiger partial charge in [-0.15, -0.1) is 0 Å². The highest BCUT2D eigenvalue weighted by atomic mass is 32.2. The molecule has 2 aromatic carbocycles. The second-order valence-electron chi connectivity index (χ2n) is 7.68. The maximum atomic E-state index is 13.0. The zero-order chi connectivity index (χ0) is 22.6. The first-order chi connectivity index (χ1) is 15.5. The number of benzene rings is 2. The fraction of sp³-hybridized carbons (Fsp3) is 0.304. The lowest BCUT2D eigenvalue weighted by Gasteiger charge is -2.27. The topological polar surface area (TPSA) is 93.5 Å². The highest BCUT2D eigenvalue weighted by molar-refractivity contribution is 7.89. The van der Waals surface area contributed by atoms with Gasteiger partial charge in [-0.2, -0.15) is 0 Å². The molecule has 1 fully saturated rings. The van der Waals surface area contributed by atoms with Crippen LogP contribution < -0.4 is 9.46 Å². The lowest BCUT2D eigenvalue weighted by Crippen LogP contribution is -2.36. The molecule has 1 aromatic heterocycles. The van der Waals surface area contributed by atoms with Gasteiger partial charge in [0, 0.05) is 37.7 Å². The van der Waals surface area contributed by atoms with Gasteiger partial charge in [0.15, 0.2) is 0 Å². The first-order valence-corrected chi connectivity index (χ1v) is 12.0. The van der Waals surface area contributed by atoms with Crippen LogP contribution in [0.4, 0.5) is 0 Å². The van der Waals surface area contributed by atoms with Gasteiger partial charge in [0.2, 0.25) is 10.0 Å². The zero-order valence-corrected chi connectivity index (χ0v) is 18.7. The number of ether oxygens (including phenoxy) is 1. The van der Waals surface area contributed by atoms with Crippen LogP contribution in [0.3, 0.4) is 0 Å². The quantitative estimate of drug-likeness (QED) is 0.592. The van der Waals surface area contributed by atoms with Crippen molar-refractivity contribution in [3.63, 3.8) is 0 Å². The van der Waals surface area contributed by atoms with Gasteiger partial charge in [-0.05, 0) is 55.2 Å². The molecule has 2 heterocycles. The molecule has 4 rings (SSSR count). The minimum absolute atomic E-state index is 0.0358. The maximum absolute atomic E-state index is 13.0. The Bertz CT molecular complexity index is 1170. The largest absolute Gasteiger partial charge is 0.496 e. The van der Waals surface area contributed by atoms with Gasteiger partial charge < -0.3 is 14.2 Å². The highest BCUT2D eigenvalue weighted by Crippen LogP contribution is 2.25. The molecular formula is C23H26N4O4S. The van der Waals surface area contributed by atoms with E-state index in [1.807, 2.05) is 35.0 Å². The molecule has 0 bridgehead atoms. The summed E-state index contributed by atoms with van der Waals surface area (Å²) in [7, 11) is -2.34. The van der Waals surface area contributed by atoms with Crippen molar-refractivity contribution >= 4 is 15.9 Å². The summed E-state index contributed by atoms with van der Waals surface area (Å²) in [6.07, 6.45) is 8.23. The van der Waals surface area contributed by atoms with Crippen molar-refractivity contribution in [3.8, 4) is 11.4 Å². The number of aromatic nitrogens is 2. The third-order valence-corrected chi connectivity index (χ3v) is 6.96. The van der Waals surface area contributed by atoms with Crippen molar-refractivity contribution in [1.29, 1.82) is 0 Å². The molecule has 9 heteroatoms. The van der Waals surface area contributed by atoms with E-state index in [0.717, 1.165) is 30.5 Å². The van der Waals surface area contributed by atoms with Gasteiger partial charge in [0.05, 0.1) is 23.9 Å². The lowest BCUT2D eigenvalue weighted by molar-refractivity contribution is 0.0720. The Morgan fingerprint density at radius 2 is 1.84 bits per heavy atom. The number of sulfonamides is 1. The van der Waals surface area contributed by atoms with Crippen LogP contribution in [-0.4, -0.2) is 49.0 Å². The van der Waals surface area contributed by atoms with E-state index in [4.69, 9.17) is 4.74 Å². The number of hydrogen-bond donors (Lipinski definition) is 1. The smallest absolute Gasteiger partial charge is 0.257 e. The average Bonchev–Trinajstić information content (AvgIpc) is 3.38. The molecule has 0 spiro atoms. The van der Waals surface area contributed by atoms with Crippen LogP contribution in [0.15, 0.2) is 66.1 Å². The van der Waals surface area contributed by atoms with E-state index in [9.17, 15) is 13.2 Å². The molecule has 1 N–H and O–H groups in total. The molecular weight excluding hydrogens is 428 g/mol. The van der Waals surface area contributed by atoms with Crippen molar-refractivity contribution in [3.05, 3.63) is 72.3 Å². The molecule has 1 aliphatic rings. The van der Waals surface area contributed by atoms with E-state index >= 15 is 0 Å². The van der Waals surface area contributed by atoms with Crippen molar-refractivity contribution < 1.29 is 17.9 Å². The molecule has 0 aliphatic carbocycles. The average molecular weight is 455 g/mol. The molecule has 0 atom stereocenters. The summed E-state index contributed by atoms with van der Waals surface area (Å²) in [5.74, 6) is 0.170. The van der Waals surface area contributed by atoms with Crippen LogP contribution in [0.5, 0.6) is 5.75 Å². The van der Waals surface area contributed by atoms with E-state index in [-0.39, 0.29) is 22.9 Å². The van der Waals surface area contributed by atoms with Crippen LogP contribution in [0.25, 0.3) is 5.69 Å². The number of piperidine rings is 1. The number of methoxy groups -OCH3 is 1. The lowest BCUT2D eigenvalue weighted by atomic mass is 10.1. The number of rotatable bonds is 7. The Labute approximate surface area is 187 Å². The molecule has 3 aromatic rings. The summed E-state index contributed by atoms with van der Waals surface area (Å²) in [6.45, 7) is 1.48. The third kappa shape index (κ3) is 4.84. The first kappa shape index (κ1) is 22.0. The fourth-order valence-corrected chi connectivity index (χ4v) is 4.79. The SMILES string of the molecule is COc1ccc(S(=O)(=O)NCc2ccc(-n3ccnc3)cc2)cc1C(=O)N1CCCCC1. The summed E-state index contributed by atoms with van der Waals surface area (Å²) in [6, 6.07) is 11.9. The predicted octanol–water partition coefficient (Wildman–Crippen LogP) is 2.99. The van der Waals surface area contributed by atoms with Crippen LogP contribution in [0, 0.1) is 0 Å². The summed E-state index contributed by atoms with van der Waals surface area (Å²) >= 11 is 0. The van der Waals surface area contributed by atoms with Gasteiger partial charge in [0.1, 0.15) is 5.75 Å². The Morgan fingerprint density at radius 1 is 1.09 bits per heavy atom. The molecule has 0 saturated carbocycles. The van der Waals surface area contributed by atoms with E-state index in [1.54, 1.807) is 17.4 Å². The second-order valence-corrected chi connectivity index (χ2v) is 9.44. The molecule has 32 heavy (non-hydrogen) atoms. The summed E-state index contributed by atoms with van der Waals surface area (Å²) in [5, 5.41) is 0. The second kappa shape index (κ2) is 9.54. The van der Waals surface area contributed by atoms with E-state index in [2.05, 4.69) is 9.71 Å². The van der Waals surface area contributed by atoms with Crippen LogP contribution in [0.2, 0.25) is 0 Å². The number of carbonyl (C=O) groups is 1. The van der Waals surface area contributed by atoms with Gasteiger partial charge in [-0.3, -0.25) is 4.79 Å². The first-order valence-electron chi connectivity index (χ1n) is 10.5. The zero-order valence-electron chi connectivity index (χ0n) is 17.9. The third-order valence-electron chi connectivity index (χ3n) is 5.56. The maximum Gasteiger partial charge on any atom is 0.257 e. The Kier molecular flexibility index (Phi) is 6.57. The molecule has 1 aliphatic heterocycles. The Balaban J connectivity index is 1.50. The molecule has 1 saturated heterocycles. The van der Waals surface area contributed by atoms with Gasteiger partial charge >= 0.3 is 0 Å². The number of likely N-dealkylation sites (tertiary alicyclic amines) is 1. The van der Waals surface area contributed by atoms with Gasteiger partial charge in [0.25, 0.3) is 5.91 Å². The van der Waals surface area contributed by atoms with Crippen molar-refractivity contribution in [1.82, 2.24) is 19.2 Å². The van der Waals surface area contributed by atoms with Crippen molar-refractivity contribution in [2.75, 3.05) is 20.2 Å². The van der Waals surface area contributed by atoms with E-state index in [1.165, 1.54) is 25.3 Å². The Hall–Kier alpha value is -3.17. The minimum atomic E-state index is -3.82. The number of hydrogen-bond acceptors (Lipinski definition) is 5. The van der Waals surface area contributed by atoms with Crippen molar-refractivity contribution in [2.45, 2.75) is 30.7 Å². The fourth-order valence-electron chi connectivity index (χ4n) is 3.75.